The minimum Gasteiger partial charge on any atom is -0.494 e. The van der Waals surface area contributed by atoms with Crippen molar-refractivity contribution in [1.82, 2.24) is 4.98 Å². The van der Waals surface area contributed by atoms with Crippen molar-refractivity contribution in [3.8, 4) is 17.0 Å². The number of carbonyl (C=O) groups is 1. The van der Waals surface area contributed by atoms with E-state index >= 15 is 0 Å². The Kier molecular flexibility index (Phi) is 6.06. The normalized spacial score (nSPS) is 13.1. The fourth-order valence-corrected chi connectivity index (χ4v) is 5.58. The third kappa shape index (κ3) is 4.77. The number of thiazole rings is 1. The Morgan fingerprint density at radius 1 is 1.19 bits per heavy atom. The van der Waals surface area contributed by atoms with Crippen molar-refractivity contribution in [1.29, 1.82) is 0 Å². The number of rotatable bonds is 7. The number of halogens is 1. The molecule has 9 heteroatoms. The molecule has 1 aromatic heterocycles. The minimum absolute atomic E-state index is 0.136. The van der Waals surface area contributed by atoms with Crippen LogP contribution in [0.2, 0.25) is 0 Å². The average Bonchev–Trinajstić information content (AvgIpc) is 3.41. The molecule has 0 radical (unpaired) electrons. The maximum atomic E-state index is 13.9. The van der Waals surface area contributed by atoms with Gasteiger partial charge in [0.2, 0.25) is 5.91 Å². The van der Waals surface area contributed by atoms with Crippen LogP contribution in [0.4, 0.5) is 9.52 Å². The summed E-state index contributed by atoms with van der Waals surface area (Å²) in [4.78, 5) is 16.8. The number of sulfone groups is 1. The fourth-order valence-electron chi connectivity index (χ4n) is 3.56. The van der Waals surface area contributed by atoms with Gasteiger partial charge in [0.15, 0.2) is 26.5 Å². The van der Waals surface area contributed by atoms with Crippen molar-refractivity contribution in [2.45, 2.75) is 30.6 Å². The lowest BCUT2D eigenvalue weighted by Gasteiger charge is -2.07. The highest BCUT2D eigenvalue weighted by Crippen LogP contribution is 2.29. The van der Waals surface area contributed by atoms with Gasteiger partial charge in [-0.15, -0.1) is 11.3 Å². The Labute approximate surface area is 184 Å². The average molecular weight is 461 g/mol. The number of ether oxygens (including phenoxy) is 1. The Balaban J connectivity index is 1.37. The van der Waals surface area contributed by atoms with E-state index in [1.165, 1.54) is 36.1 Å². The number of hydrogen-bond donors (Lipinski definition) is 1. The first-order valence-corrected chi connectivity index (χ1v) is 12.3. The van der Waals surface area contributed by atoms with Gasteiger partial charge in [-0.3, -0.25) is 4.79 Å². The first kappa shape index (κ1) is 21.5. The summed E-state index contributed by atoms with van der Waals surface area (Å²) in [5.74, 6) is -1.08. The monoisotopic (exact) mass is 460 g/mol. The van der Waals surface area contributed by atoms with E-state index in [4.69, 9.17) is 4.74 Å². The van der Waals surface area contributed by atoms with E-state index in [0.717, 1.165) is 24.8 Å². The van der Waals surface area contributed by atoms with E-state index in [0.29, 0.717) is 16.4 Å². The number of fused-ring (bicyclic) bond motifs is 1. The van der Waals surface area contributed by atoms with Crippen LogP contribution in [0, 0.1) is 5.82 Å². The number of carbonyl (C=O) groups excluding carboxylic acids is 1. The Morgan fingerprint density at radius 2 is 2.00 bits per heavy atom. The van der Waals surface area contributed by atoms with E-state index in [-0.39, 0.29) is 22.8 Å². The fraction of sp³-hybridized carbons (Fsp3) is 0.273. The number of nitrogens with one attached hydrogen (secondary N) is 1. The summed E-state index contributed by atoms with van der Waals surface area (Å²) in [6, 6.07) is 9.71. The molecule has 0 aliphatic heterocycles. The van der Waals surface area contributed by atoms with Crippen LogP contribution in [-0.4, -0.2) is 32.2 Å². The standard InChI is InChI=1S/C22H21FN2O4S2/c1-29-20-8-6-16(12-18(20)23)19-13-30-22(24-19)25-21(26)9-10-31(27,28)17-7-5-14-3-2-4-15(14)11-17/h5-8,11-13H,2-4,9-10H2,1H3,(H,24,25,26). The van der Waals surface area contributed by atoms with Gasteiger partial charge < -0.3 is 10.1 Å². The molecular weight excluding hydrogens is 439 g/mol. The number of aromatic nitrogens is 1. The van der Waals surface area contributed by atoms with Crippen molar-refractivity contribution in [2.24, 2.45) is 0 Å². The summed E-state index contributed by atoms with van der Waals surface area (Å²) in [5.41, 5.74) is 3.34. The van der Waals surface area contributed by atoms with Gasteiger partial charge in [-0.25, -0.2) is 17.8 Å². The van der Waals surface area contributed by atoms with Crippen molar-refractivity contribution in [3.63, 3.8) is 0 Å². The highest BCUT2D eigenvalue weighted by Gasteiger charge is 2.20. The van der Waals surface area contributed by atoms with Gasteiger partial charge >= 0.3 is 0 Å². The summed E-state index contributed by atoms with van der Waals surface area (Å²) in [7, 11) is -2.16. The largest absolute Gasteiger partial charge is 0.494 e. The molecule has 1 amide bonds. The first-order chi connectivity index (χ1) is 14.9. The third-order valence-electron chi connectivity index (χ3n) is 5.23. The highest BCUT2D eigenvalue weighted by atomic mass is 32.2. The zero-order valence-corrected chi connectivity index (χ0v) is 18.5. The van der Waals surface area contributed by atoms with E-state index in [1.54, 1.807) is 23.6 Å². The van der Waals surface area contributed by atoms with Crippen LogP contribution in [0.15, 0.2) is 46.7 Å². The van der Waals surface area contributed by atoms with E-state index in [1.807, 2.05) is 6.07 Å². The molecule has 1 aliphatic rings. The SMILES string of the molecule is COc1ccc(-c2csc(NC(=O)CCS(=O)(=O)c3ccc4c(c3)CCC4)n2)cc1F. The molecule has 3 aromatic rings. The number of methoxy groups -OCH3 is 1. The number of nitrogens with zero attached hydrogens (tertiary/aromatic N) is 1. The molecule has 1 aliphatic carbocycles. The predicted molar refractivity (Wildman–Crippen MR) is 118 cm³/mol. The second kappa shape index (κ2) is 8.76. The molecule has 1 N–H and O–H groups in total. The molecular formula is C22H21FN2O4S2. The molecule has 2 aromatic carbocycles. The molecule has 31 heavy (non-hydrogen) atoms. The zero-order valence-electron chi connectivity index (χ0n) is 16.9. The smallest absolute Gasteiger partial charge is 0.227 e. The zero-order chi connectivity index (χ0) is 22.0. The summed E-state index contributed by atoms with van der Waals surface area (Å²) in [5, 5.41) is 4.64. The highest BCUT2D eigenvalue weighted by molar-refractivity contribution is 7.91. The van der Waals surface area contributed by atoms with Crippen LogP contribution in [0.1, 0.15) is 24.0 Å². The van der Waals surface area contributed by atoms with E-state index in [9.17, 15) is 17.6 Å². The Hall–Kier alpha value is -2.78. The summed E-state index contributed by atoms with van der Waals surface area (Å²) < 4.78 is 44.1. The number of aryl methyl sites for hydroxylation is 2. The molecule has 0 saturated heterocycles. The molecule has 6 nitrogen and oxygen atoms in total. The minimum atomic E-state index is -3.55. The third-order valence-corrected chi connectivity index (χ3v) is 7.70. The lowest BCUT2D eigenvalue weighted by atomic mass is 10.1. The summed E-state index contributed by atoms with van der Waals surface area (Å²) >= 11 is 1.19. The van der Waals surface area contributed by atoms with Crippen LogP contribution in [0.25, 0.3) is 11.3 Å². The molecule has 1 heterocycles. The Bertz CT molecular complexity index is 1240. The molecule has 0 atom stereocenters. The van der Waals surface area contributed by atoms with Crippen molar-refractivity contribution in [3.05, 3.63) is 58.7 Å². The maximum absolute atomic E-state index is 13.9. The van der Waals surface area contributed by atoms with Crippen LogP contribution in [-0.2, 0) is 27.5 Å². The van der Waals surface area contributed by atoms with Crippen LogP contribution in [0.3, 0.4) is 0 Å². The summed E-state index contributed by atoms with van der Waals surface area (Å²) in [6.45, 7) is 0. The van der Waals surface area contributed by atoms with Crippen molar-refractivity contribution < 1.29 is 22.3 Å². The summed E-state index contributed by atoms with van der Waals surface area (Å²) in [6.07, 6.45) is 2.74. The molecule has 0 bridgehead atoms. The van der Waals surface area contributed by atoms with Crippen LogP contribution in [0.5, 0.6) is 5.75 Å². The molecule has 162 valence electrons. The molecule has 0 saturated carbocycles. The van der Waals surface area contributed by atoms with Gasteiger partial charge in [0.1, 0.15) is 0 Å². The number of benzene rings is 2. The van der Waals surface area contributed by atoms with E-state index < -0.39 is 21.6 Å². The maximum Gasteiger partial charge on any atom is 0.227 e. The molecule has 0 unspecified atom stereocenters. The van der Waals surface area contributed by atoms with Gasteiger partial charge in [-0.1, -0.05) is 6.07 Å². The van der Waals surface area contributed by atoms with Gasteiger partial charge in [0.05, 0.1) is 23.5 Å². The second-order valence-electron chi connectivity index (χ2n) is 7.29. The first-order valence-electron chi connectivity index (χ1n) is 9.79. The number of anilines is 1. The number of amides is 1. The van der Waals surface area contributed by atoms with Gasteiger partial charge in [0, 0.05) is 17.4 Å². The van der Waals surface area contributed by atoms with Gasteiger partial charge in [-0.2, -0.15) is 0 Å². The molecule has 0 spiro atoms. The quantitative estimate of drug-likeness (QED) is 0.570. The van der Waals surface area contributed by atoms with Gasteiger partial charge in [0.25, 0.3) is 0 Å². The van der Waals surface area contributed by atoms with Crippen LogP contribution >= 0.6 is 11.3 Å². The second-order valence-corrected chi connectivity index (χ2v) is 10.3. The molecule has 4 rings (SSSR count). The van der Waals surface area contributed by atoms with E-state index in [2.05, 4.69) is 10.3 Å². The topological polar surface area (TPSA) is 85.4 Å². The van der Waals surface area contributed by atoms with Crippen molar-refractivity contribution in [2.75, 3.05) is 18.2 Å². The van der Waals surface area contributed by atoms with Crippen LogP contribution < -0.4 is 10.1 Å². The molecule has 0 fully saturated rings. The Morgan fingerprint density at radius 3 is 2.77 bits per heavy atom. The van der Waals surface area contributed by atoms with Crippen molar-refractivity contribution >= 4 is 32.2 Å². The number of hydrogen-bond acceptors (Lipinski definition) is 6. The lowest BCUT2D eigenvalue weighted by Crippen LogP contribution is -2.17. The predicted octanol–water partition coefficient (Wildman–Crippen LogP) is 4.25. The lowest BCUT2D eigenvalue weighted by molar-refractivity contribution is -0.115. The van der Waals surface area contributed by atoms with Gasteiger partial charge in [-0.05, 0) is 60.7 Å².